The van der Waals surface area contributed by atoms with Crippen molar-refractivity contribution in [2.45, 2.75) is 19.5 Å². The summed E-state index contributed by atoms with van der Waals surface area (Å²) in [5.74, 6) is -1.96. The predicted octanol–water partition coefficient (Wildman–Crippen LogP) is 2.54. The first-order chi connectivity index (χ1) is 17.0. The highest BCUT2D eigenvalue weighted by atomic mass is 19.4. The lowest BCUT2D eigenvalue weighted by Crippen LogP contribution is -2.35. The van der Waals surface area contributed by atoms with E-state index in [0.29, 0.717) is 28.9 Å². The number of aliphatic imine (C=N–C) groups is 1. The average Bonchev–Trinajstić information content (AvgIpc) is 2.78. The summed E-state index contributed by atoms with van der Waals surface area (Å²) in [6.07, 6.45) is -3.86. The molecule has 0 atom stereocenters. The number of methoxy groups -OCH3 is 1. The van der Waals surface area contributed by atoms with Gasteiger partial charge in [0.05, 0.1) is 11.8 Å². The van der Waals surface area contributed by atoms with E-state index < -0.39 is 36.8 Å². The SMILES string of the molecule is C=c1cc(OCCOC)cc(F)/c1=C(/N=C\C)Nc1ccc(NC(=O)CC(=O)NCC(F)(F)F)cc1. The summed E-state index contributed by atoms with van der Waals surface area (Å²) >= 11 is 0. The number of carbonyl (C=O) groups excluding carboxylic acids is 2. The van der Waals surface area contributed by atoms with Crippen LogP contribution in [-0.4, -0.2) is 51.1 Å². The second kappa shape index (κ2) is 13.2. The summed E-state index contributed by atoms with van der Waals surface area (Å²) in [6.45, 7) is 4.62. The van der Waals surface area contributed by atoms with Crippen LogP contribution in [0.1, 0.15) is 13.3 Å². The van der Waals surface area contributed by atoms with Gasteiger partial charge in [-0.2, -0.15) is 13.2 Å². The summed E-state index contributed by atoms with van der Waals surface area (Å²) in [5.41, 5.74) is 0.798. The number of benzene rings is 2. The highest BCUT2D eigenvalue weighted by Gasteiger charge is 2.28. The summed E-state index contributed by atoms with van der Waals surface area (Å²) in [6, 6.07) is 8.91. The fraction of sp³-hybridized carbons (Fsp3) is 0.292. The summed E-state index contributed by atoms with van der Waals surface area (Å²) in [4.78, 5) is 27.6. The zero-order valence-electron chi connectivity index (χ0n) is 19.7. The molecular formula is C24H26F4N4O4. The van der Waals surface area contributed by atoms with E-state index in [0.717, 1.165) is 0 Å². The minimum absolute atomic E-state index is 0.134. The molecule has 2 rings (SSSR count). The molecule has 0 unspecified atom stereocenters. The zero-order chi connectivity index (χ0) is 26.7. The van der Waals surface area contributed by atoms with Crippen LogP contribution in [-0.2, 0) is 14.3 Å². The molecule has 0 spiro atoms. The van der Waals surface area contributed by atoms with Crippen LogP contribution in [0.3, 0.4) is 0 Å². The number of hydrogen-bond donors (Lipinski definition) is 3. The van der Waals surface area contributed by atoms with Crippen LogP contribution in [0, 0.1) is 5.82 Å². The number of amides is 2. The van der Waals surface area contributed by atoms with Crippen molar-refractivity contribution >= 4 is 41.8 Å². The Morgan fingerprint density at radius 3 is 2.25 bits per heavy atom. The first-order valence-electron chi connectivity index (χ1n) is 10.7. The molecule has 12 heteroatoms. The molecule has 0 aliphatic carbocycles. The van der Waals surface area contributed by atoms with Crippen LogP contribution >= 0.6 is 0 Å². The van der Waals surface area contributed by atoms with E-state index >= 15 is 0 Å². The quantitative estimate of drug-likeness (QED) is 0.187. The highest BCUT2D eigenvalue weighted by Crippen LogP contribution is 2.17. The largest absolute Gasteiger partial charge is 0.491 e. The van der Waals surface area contributed by atoms with Gasteiger partial charge in [-0.3, -0.25) is 9.59 Å². The Kier molecular flexibility index (Phi) is 10.4. The Morgan fingerprint density at radius 2 is 1.69 bits per heavy atom. The lowest BCUT2D eigenvalue weighted by molar-refractivity contribution is -0.140. The maximum absolute atomic E-state index is 14.9. The van der Waals surface area contributed by atoms with Gasteiger partial charge >= 0.3 is 6.18 Å². The molecule has 0 bridgehead atoms. The monoisotopic (exact) mass is 510 g/mol. The van der Waals surface area contributed by atoms with Crippen molar-refractivity contribution in [1.82, 2.24) is 5.32 Å². The van der Waals surface area contributed by atoms with E-state index in [1.54, 1.807) is 30.4 Å². The molecule has 2 amide bonds. The lowest BCUT2D eigenvalue weighted by Gasteiger charge is -2.11. The van der Waals surface area contributed by atoms with E-state index in [9.17, 15) is 27.2 Å². The molecule has 2 aromatic carbocycles. The number of rotatable bonds is 11. The molecule has 8 nitrogen and oxygen atoms in total. The van der Waals surface area contributed by atoms with E-state index in [1.807, 2.05) is 0 Å². The minimum atomic E-state index is -4.57. The molecule has 0 heterocycles. The van der Waals surface area contributed by atoms with Gasteiger partial charge in [0.1, 0.15) is 37.0 Å². The number of anilines is 2. The van der Waals surface area contributed by atoms with Gasteiger partial charge in [0.15, 0.2) is 0 Å². The molecule has 0 radical (unpaired) electrons. The maximum Gasteiger partial charge on any atom is 0.405 e. The van der Waals surface area contributed by atoms with E-state index in [-0.39, 0.29) is 17.6 Å². The number of hydrogen-bond acceptors (Lipinski definition) is 6. The summed E-state index contributed by atoms with van der Waals surface area (Å²) in [5, 5.41) is 7.50. The minimum Gasteiger partial charge on any atom is -0.491 e. The molecule has 3 N–H and O–H groups in total. The van der Waals surface area contributed by atoms with Crippen molar-refractivity contribution in [2.24, 2.45) is 4.99 Å². The molecule has 0 saturated carbocycles. The maximum atomic E-state index is 14.9. The van der Waals surface area contributed by atoms with Crippen LogP contribution in [0.25, 0.3) is 12.4 Å². The Morgan fingerprint density at radius 1 is 1.06 bits per heavy atom. The van der Waals surface area contributed by atoms with Gasteiger partial charge in [-0.05, 0) is 42.5 Å². The number of carbonyl (C=O) groups is 2. The number of halogens is 4. The Bertz CT molecular complexity index is 1200. The van der Waals surface area contributed by atoms with Gasteiger partial charge in [-0.15, -0.1) is 0 Å². The average molecular weight is 510 g/mol. The third-order valence-corrected chi connectivity index (χ3v) is 4.44. The van der Waals surface area contributed by atoms with Crippen LogP contribution in [0.2, 0.25) is 0 Å². The summed E-state index contributed by atoms with van der Waals surface area (Å²) in [7, 11) is 1.53. The van der Waals surface area contributed by atoms with Crippen LogP contribution < -0.4 is 31.1 Å². The molecule has 0 aliphatic heterocycles. The van der Waals surface area contributed by atoms with Crippen molar-refractivity contribution in [3.05, 3.63) is 52.7 Å². The Balaban J connectivity index is 2.13. The van der Waals surface area contributed by atoms with Crippen molar-refractivity contribution in [3.8, 4) is 5.75 Å². The third kappa shape index (κ3) is 9.37. The zero-order valence-corrected chi connectivity index (χ0v) is 19.7. The smallest absolute Gasteiger partial charge is 0.405 e. The lowest BCUT2D eigenvalue weighted by atomic mass is 10.2. The van der Waals surface area contributed by atoms with Crippen molar-refractivity contribution in [2.75, 3.05) is 37.5 Å². The second-order valence-corrected chi connectivity index (χ2v) is 7.34. The summed E-state index contributed by atoms with van der Waals surface area (Å²) < 4.78 is 61.7. The van der Waals surface area contributed by atoms with Gasteiger partial charge in [0.25, 0.3) is 0 Å². The van der Waals surface area contributed by atoms with Crippen molar-refractivity contribution < 1.29 is 36.6 Å². The molecule has 0 saturated heterocycles. The van der Waals surface area contributed by atoms with E-state index in [4.69, 9.17) is 9.47 Å². The fourth-order valence-electron chi connectivity index (χ4n) is 2.90. The Labute approximate surface area is 204 Å². The molecule has 2 aromatic rings. The molecule has 0 fully saturated rings. The number of nitrogens with zero attached hydrogens (tertiary/aromatic N) is 1. The standard InChI is InChI=1S/C24H26F4N4O4/c1-4-29-23(22-15(2)11-18(12-19(22)25)36-10-9-35-3)32-17-7-5-16(6-8-17)31-21(34)13-20(33)30-14-24(26,27)28/h4-8,11-12,32H,2,9-10,13-14H2,1,3H3,(H,30,33)(H,31,34)/b23-22-,29-4-. The topological polar surface area (TPSA) is 101 Å². The van der Waals surface area contributed by atoms with Crippen molar-refractivity contribution in [1.29, 1.82) is 0 Å². The van der Waals surface area contributed by atoms with Crippen molar-refractivity contribution in [3.63, 3.8) is 0 Å². The molecule has 194 valence electrons. The van der Waals surface area contributed by atoms with Crippen LogP contribution in [0.5, 0.6) is 5.75 Å². The van der Waals surface area contributed by atoms with Gasteiger partial charge < -0.3 is 25.4 Å². The number of ether oxygens (including phenoxy) is 2. The number of nitrogens with one attached hydrogen (secondary N) is 3. The first kappa shape index (κ1) is 28.3. The Hall–Kier alpha value is -3.93. The predicted molar refractivity (Wildman–Crippen MR) is 128 cm³/mol. The second-order valence-electron chi connectivity index (χ2n) is 7.34. The van der Waals surface area contributed by atoms with Gasteiger partial charge in [0.2, 0.25) is 11.8 Å². The van der Waals surface area contributed by atoms with Crippen LogP contribution in [0.15, 0.2) is 41.4 Å². The van der Waals surface area contributed by atoms with Gasteiger partial charge in [0, 0.05) is 30.8 Å². The molecule has 0 aliphatic rings. The molecule has 0 aromatic heterocycles. The molecule has 36 heavy (non-hydrogen) atoms. The molecular weight excluding hydrogens is 484 g/mol. The first-order valence-corrected chi connectivity index (χ1v) is 10.7. The van der Waals surface area contributed by atoms with E-state index in [1.165, 1.54) is 31.5 Å². The van der Waals surface area contributed by atoms with E-state index in [2.05, 4.69) is 22.2 Å². The third-order valence-electron chi connectivity index (χ3n) is 4.44. The van der Waals surface area contributed by atoms with Gasteiger partial charge in [-0.1, -0.05) is 6.58 Å². The number of alkyl halides is 3. The van der Waals surface area contributed by atoms with Crippen LogP contribution in [0.4, 0.5) is 28.9 Å². The van der Waals surface area contributed by atoms with Gasteiger partial charge in [-0.25, -0.2) is 9.38 Å². The fourth-order valence-corrected chi connectivity index (χ4v) is 2.90. The highest BCUT2D eigenvalue weighted by molar-refractivity contribution is 6.03. The normalized spacial score (nSPS) is 12.3.